The maximum atomic E-state index is 12.8. The van der Waals surface area contributed by atoms with Gasteiger partial charge in [-0.1, -0.05) is 18.2 Å². The van der Waals surface area contributed by atoms with E-state index in [1.165, 1.54) is 18.2 Å². The van der Waals surface area contributed by atoms with Crippen LogP contribution in [0, 0.1) is 0 Å². The quantitative estimate of drug-likeness (QED) is 0.937. The summed E-state index contributed by atoms with van der Waals surface area (Å²) in [5, 5.41) is 0. The van der Waals surface area contributed by atoms with Gasteiger partial charge in [0.25, 0.3) is 0 Å². The second-order valence-electron chi connectivity index (χ2n) is 4.11. The zero-order chi connectivity index (χ0) is 14.6. The predicted octanol–water partition coefficient (Wildman–Crippen LogP) is 3.14. The van der Waals surface area contributed by atoms with Gasteiger partial charge in [-0.15, -0.1) is 0 Å². The number of ether oxygens (including phenoxy) is 1. The second kappa shape index (κ2) is 5.92. The van der Waals surface area contributed by atoms with E-state index in [4.69, 9.17) is 10.5 Å². The van der Waals surface area contributed by atoms with Crippen LogP contribution in [0.25, 0.3) is 0 Å². The van der Waals surface area contributed by atoms with Crippen molar-refractivity contribution in [3.05, 3.63) is 59.4 Å². The Morgan fingerprint density at radius 3 is 2.40 bits per heavy atom. The number of rotatable bonds is 4. The third kappa shape index (κ3) is 3.48. The molecule has 0 aliphatic carbocycles. The van der Waals surface area contributed by atoms with E-state index in [0.29, 0.717) is 11.4 Å². The molecule has 0 saturated heterocycles. The van der Waals surface area contributed by atoms with E-state index in [2.05, 4.69) is 4.98 Å². The fraction of sp³-hybridized carbons (Fsp3) is 0.214. The Kier molecular flexibility index (Phi) is 4.24. The van der Waals surface area contributed by atoms with Crippen LogP contribution in [0.1, 0.15) is 17.0 Å². The second-order valence-corrected chi connectivity index (χ2v) is 4.11. The molecule has 20 heavy (non-hydrogen) atoms. The first-order chi connectivity index (χ1) is 9.50. The summed E-state index contributed by atoms with van der Waals surface area (Å²) in [5.74, 6) is -0.208. The Labute approximate surface area is 114 Å². The number of pyridine rings is 1. The molecule has 0 spiro atoms. The molecule has 2 N–H and O–H groups in total. The highest BCUT2D eigenvalue weighted by atomic mass is 19.4. The molecule has 3 nitrogen and oxygen atoms in total. The van der Waals surface area contributed by atoms with Gasteiger partial charge >= 0.3 is 6.18 Å². The van der Waals surface area contributed by atoms with Crippen molar-refractivity contribution < 1.29 is 17.9 Å². The summed E-state index contributed by atoms with van der Waals surface area (Å²) in [5.41, 5.74) is 5.85. The lowest BCUT2D eigenvalue weighted by atomic mass is 10.2. The van der Waals surface area contributed by atoms with E-state index in [-0.39, 0.29) is 18.9 Å². The topological polar surface area (TPSA) is 48.1 Å². The third-order valence-electron chi connectivity index (χ3n) is 2.64. The molecule has 6 heteroatoms. The summed E-state index contributed by atoms with van der Waals surface area (Å²) in [6.07, 6.45) is -4.44. The van der Waals surface area contributed by atoms with Crippen LogP contribution in [0.4, 0.5) is 13.2 Å². The van der Waals surface area contributed by atoms with Crippen molar-refractivity contribution in [3.63, 3.8) is 0 Å². The molecule has 1 aromatic heterocycles. The molecule has 0 aliphatic heterocycles. The molecule has 2 rings (SSSR count). The minimum atomic E-state index is -4.44. The Bertz CT molecular complexity index is 585. The Hall–Kier alpha value is -2.08. The predicted molar refractivity (Wildman–Crippen MR) is 67.9 cm³/mol. The molecule has 1 heterocycles. The van der Waals surface area contributed by atoms with Crippen molar-refractivity contribution in [2.45, 2.75) is 19.3 Å². The molecule has 0 fully saturated rings. The summed E-state index contributed by atoms with van der Waals surface area (Å²) < 4.78 is 43.6. The van der Waals surface area contributed by atoms with Gasteiger partial charge in [-0.25, -0.2) is 0 Å². The van der Waals surface area contributed by atoms with Crippen LogP contribution in [0.2, 0.25) is 0 Å². The van der Waals surface area contributed by atoms with E-state index in [1.807, 2.05) is 0 Å². The number of nitrogens with zero attached hydrogens (tertiary/aromatic N) is 1. The third-order valence-corrected chi connectivity index (χ3v) is 2.64. The Morgan fingerprint density at radius 1 is 1.00 bits per heavy atom. The smallest absolute Gasteiger partial charge is 0.419 e. The highest BCUT2D eigenvalue weighted by Crippen LogP contribution is 2.36. The highest BCUT2D eigenvalue weighted by Gasteiger charge is 2.33. The average Bonchev–Trinajstić information content (AvgIpc) is 2.44. The van der Waals surface area contributed by atoms with Crippen LogP contribution in [-0.2, 0) is 19.3 Å². The number of para-hydroxylation sites is 1. The van der Waals surface area contributed by atoms with Gasteiger partial charge in [0.1, 0.15) is 12.4 Å². The van der Waals surface area contributed by atoms with Gasteiger partial charge in [0.2, 0.25) is 0 Å². The molecule has 0 aliphatic rings. The van der Waals surface area contributed by atoms with Gasteiger partial charge in [-0.05, 0) is 24.3 Å². The number of hydrogen-bond donors (Lipinski definition) is 1. The Morgan fingerprint density at radius 2 is 1.70 bits per heavy atom. The number of aromatic nitrogens is 1. The molecule has 0 saturated carbocycles. The molecule has 0 radical (unpaired) electrons. The van der Waals surface area contributed by atoms with Gasteiger partial charge in [-0.3, -0.25) is 4.98 Å². The minimum absolute atomic E-state index is 0.0407. The SMILES string of the molecule is NCc1cccc(COc2ccccc2C(F)(F)F)n1. The molecule has 106 valence electrons. The summed E-state index contributed by atoms with van der Waals surface area (Å²) in [6.45, 7) is 0.230. The lowest BCUT2D eigenvalue weighted by Gasteiger charge is -2.13. The standard InChI is InChI=1S/C14H13F3N2O/c15-14(16,17)12-6-1-2-7-13(12)20-9-11-5-3-4-10(8-18)19-11/h1-7H,8-9,18H2. The fourth-order valence-corrected chi connectivity index (χ4v) is 1.70. The van der Waals surface area contributed by atoms with Crippen LogP contribution in [0.5, 0.6) is 5.75 Å². The average molecular weight is 282 g/mol. The van der Waals surface area contributed by atoms with Crippen LogP contribution < -0.4 is 10.5 Å². The highest BCUT2D eigenvalue weighted by molar-refractivity contribution is 5.35. The van der Waals surface area contributed by atoms with Crippen LogP contribution in [-0.4, -0.2) is 4.98 Å². The summed E-state index contributed by atoms with van der Waals surface area (Å²) in [7, 11) is 0. The van der Waals surface area contributed by atoms with Crippen molar-refractivity contribution in [1.29, 1.82) is 0 Å². The van der Waals surface area contributed by atoms with Crippen molar-refractivity contribution in [3.8, 4) is 5.75 Å². The molecule has 0 atom stereocenters. The largest absolute Gasteiger partial charge is 0.487 e. The molecule has 1 aromatic carbocycles. The molecule has 0 unspecified atom stereocenters. The van der Waals surface area contributed by atoms with Gasteiger partial charge < -0.3 is 10.5 Å². The number of halogens is 3. The number of nitrogens with two attached hydrogens (primary N) is 1. The lowest BCUT2D eigenvalue weighted by Crippen LogP contribution is -2.09. The minimum Gasteiger partial charge on any atom is -0.487 e. The molecule has 0 bridgehead atoms. The molecule has 2 aromatic rings. The van der Waals surface area contributed by atoms with Crippen molar-refractivity contribution in [2.24, 2.45) is 5.73 Å². The lowest BCUT2D eigenvalue weighted by molar-refractivity contribution is -0.139. The number of hydrogen-bond acceptors (Lipinski definition) is 3. The van der Waals surface area contributed by atoms with E-state index in [0.717, 1.165) is 6.07 Å². The molecular formula is C14H13F3N2O. The summed E-state index contributed by atoms with van der Waals surface area (Å²) in [4.78, 5) is 4.17. The summed E-state index contributed by atoms with van der Waals surface area (Å²) in [6, 6.07) is 10.2. The zero-order valence-electron chi connectivity index (χ0n) is 10.5. The maximum absolute atomic E-state index is 12.8. The molecule has 0 amide bonds. The van der Waals surface area contributed by atoms with Crippen molar-refractivity contribution in [2.75, 3.05) is 0 Å². The van der Waals surface area contributed by atoms with Gasteiger partial charge in [0.05, 0.1) is 17.0 Å². The van der Waals surface area contributed by atoms with E-state index < -0.39 is 11.7 Å². The van der Waals surface area contributed by atoms with E-state index in [1.54, 1.807) is 18.2 Å². The van der Waals surface area contributed by atoms with E-state index >= 15 is 0 Å². The normalized spacial score (nSPS) is 11.4. The monoisotopic (exact) mass is 282 g/mol. The van der Waals surface area contributed by atoms with Gasteiger partial charge in [0.15, 0.2) is 0 Å². The van der Waals surface area contributed by atoms with Crippen molar-refractivity contribution in [1.82, 2.24) is 4.98 Å². The fourth-order valence-electron chi connectivity index (χ4n) is 1.70. The summed E-state index contributed by atoms with van der Waals surface area (Å²) >= 11 is 0. The first kappa shape index (κ1) is 14.3. The number of benzene rings is 1. The zero-order valence-corrected chi connectivity index (χ0v) is 10.5. The maximum Gasteiger partial charge on any atom is 0.419 e. The van der Waals surface area contributed by atoms with Gasteiger partial charge in [0, 0.05) is 6.54 Å². The first-order valence-corrected chi connectivity index (χ1v) is 5.94. The van der Waals surface area contributed by atoms with E-state index in [9.17, 15) is 13.2 Å². The van der Waals surface area contributed by atoms with Gasteiger partial charge in [-0.2, -0.15) is 13.2 Å². The number of alkyl halides is 3. The van der Waals surface area contributed by atoms with Crippen molar-refractivity contribution >= 4 is 0 Å². The Balaban J connectivity index is 2.15. The first-order valence-electron chi connectivity index (χ1n) is 5.94. The van der Waals surface area contributed by atoms with Crippen LogP contribution in [0.15, 0.2) is 42.5 Å². The van der Waals surface area contributed by atoms with Crippen LogP contribution in [0.3, 0.4) is 0 Å². The molecular weight excluding hydrogens is 269 g/mol. The van der Waals surface area contributed by atoms with Crippen LogP contribution >= 0.6 is 0 Å².